The van der Waals surface area contributed by atoms with Crippen LogP contribution in [0, 0.1) is 0 Å². The Balaban J connectivity index is 0. The number of hydrogen-bond acceptors (Lipinski definition) is 7. The van der Waals surface area contributed by atoms with Crippen molar-refractivity contribution in [3.63, 3.8) is 0 Å². The second-order valence-corrected chi connectivity index (χ2v) is 4.20. The van der Waals surface area contributed by atoms with Gasteiger partial charge >= 0.3 is 0 Å². The molecule has 118 valence electrons. The Kier molecular flexibility index (Phi) is 11.3. The lowest BCUT2D eigenvalue weighted by molar-refractivity contribution is 0.0698. The first-order valence-corrected chi connectivity index (χ1v) is 5.75. The van der Waals surface area contributed by atoms with Crippen LogP contribution in [0.15, 0.2) is 18.2 Å². The fourth-order valence-electron chi connectivity index (χ4n) is 1.04. The third kappa shape index (κ3) is 7.49. The van der Waals surface area contributed by atoms with Gasteiger partial charge in [0.2, 0.25) is 0 Å². The van der Waals surface area contributed by atoms with Crippen LogP contribution in [-0.4, -0.2) is 57.4 Å². The number of aliphatic hydroxyl groups is 3. The fraction of sp³-hybridized carbons (Fsp3) is 0.500. The maximum atomic E-state index is 9.04. The zero-order valence-electron chi connectivity index (χ0n) is 11.1. The molecule has 0 fully saturated rings. The van der Waals surface area contributed by atoms with Crippen LogP contribution in [0.25, 0.3) is 0 Å². The molecule has 0 unspecified atom stereocenters. The van der Waals surface area contributed by atoms with Gasteiger partial charge in [-0.25, -0.2) is 0 Å². The molecule has 0 radical (unpaired) electrons. The van der Waals surface area contributed by atoms with Crippen LogP contribution in [0.3, 0.4) is 0 Å². The van der Waals surface area contributed by atoms with Crippen LogP contribution in [0.4, 0.5) is 0 Å². The topological polar surface area (TPSA) is 153 Å². The van der Waals surface area contributed by atoms with Gasteiger partial charge in [0.25, 0.3) is 0 Å². The van der Waals surface area contributed by atoms with Gasteiger partial charge in [-0.15, -0.1) is 12.4 Å². The summed E-state index contributed by atoms with van der Waals surface area (Å²) in [6.45, 7) is -0.662. The summed E-state index contributed by atoms with van der Waals surface area (Å²) in [5.41, 5.74) is 10.2. The number of rotatable bonds is 5. The average molecular weight is 311 g/mol. The number of halogens is 1. The Bertz CT molecular complexity index is 367. The van der Waals surface area contributed by atoms with Crippen molar-refractivity contribution >= 4 is 12.4 Å². The van der Waals surface area contributed by atoms with E-state index in [-0.39, 0.29) is 23.9 Å². The smallest absolute Gasteiger partial charge is 0.157 e. The van der Waals surface area contributed by atoms with Crippen molar-refractivity contribution < 1.29 is 25.5 Å². The summed E-state index contributed by atoms with van der Waals surface area (Å²) in [6.07, 6.45) is 0.716. The minimum Gasteiger partial charge on any atom is -0.504 e. The highest BCUT2D eigenvalue weighted by atomic mass is 35.5. The van der Waals surface area contributed by atoms with Gasteiger partial charge in [-0.1, -0.05) is 6.07 Å². The van der Waals surface area contributed by atoms with E-state index >= 15 is 0 Å². The number of phenolic OH excluding ortho intramolecular Hbond substituents is 2. The van der Waals surface area contributed by atoms with Crippen LogP contribution in [-0.2, 0) is 6.42 Å². The second-order valence-electron chi connectivity index (χ2n) is 4.20. The van der Waals surface area contributed by atoms with Gasteiger partial charge in [-0.3, -0.25) is 0 Å². The molecule has 20 heavy (non-hydrogen) atoms. The van der Waals surface area contributed by atoms with Crippen LogP contribution in [0.5, 0.6) is 11.5 Å². The van der Waals surface area contributed by atoms with Crippen molar-refractivity contribution in [3.05, 3.63) is 23.8 Å². The highest BCUT2D eigenvalue weighted by molar-refractivity contribution is 5.85. The second kappa shape index (κ2) is 10.7. The molecule has 0 amide bonds. The lowest BCUT2D eigenvalue weighted by atomic mass is 10.1. The van der Waals surface area contributed by atoms with E-state index in [2.05, 4.69) is 0 Å². The average Bonchev–Trinajstić information content (AvgIpc) is 2.43. The number of nitrogens with two attached hydrogens (primary N) is 2. The normalized spacial score (nSPS) is 10.2. The lowest BCUT2D eigenvalue weighted by Crippen LogP contribution is -2.50. The molecular formula is C12H23ClN2O5. The summed E-state index contributed by atoms with van der Waals surface area (Å²) in [4.78, 5) is 0. The van der Waals surface area contributed by atoms with E-state index in [0.29, 0.717) is 13.0 Å². The predicted octanol–water partition coefficient (Wildman–Crippen LogP) is -1.32. The highest BCUT2D eigenvalue weighted by Crippen LogP contribution is 2.24. The van der Waals surface area contributed by atoms with Gasteiger partial charge in [-0.05, 0) is 30.7 Å². The maximum absolute atomic E-state index is 9.04. The summed E-state index contributed by atoms with van der Waals surface area (Å²) in [7, 11) is 0. The predicted molar refractivity (Wildman–Crippen MR) is 78.0 cm³/mol. The first-order valence-electron chi connectivity index (χ1n) is 5.75. The zero-order valence-corrected chi connectivity index (χ0v) is 11.9. The van der Waals surface area contributed by atoms with Crippen LogP contribution in [0.1, 0.15) is 5.56 Å². The fourth-order valence-corrected chi connectivity index (χ4v) is 1.04. The minimum atomic E-state index is -1.21. The van der Waals surface area contributed by atoms with E-state index in [1.807, 2.05) is 0 Å². The lowest BCUT2D eigenvalue weighted by Gasteiger charge is -2.20. The molecule has 1 aromatic carbocycles. The van der Waals surface area contributed by atoms with Crippen molar-refractivity contribution in [1.29, 1.82) is 0 Å². The van der Waals surface area contributed by atoms with Crippen LogP contribution < -0.4 is 11.5 Å². The van der Waals surface area contributed by atoms with Crippen molar-refractivity contribution in [2.24, 2.45) is 11.5 Å². The molecule has 0 bridgehead atoms. The summed E-state index contributed by atoms with van der Waals surface area (Å²) in [6, 6.07) is 4.71. The summed E-state index contributed by atoms with van der Waals surface area (Å²) in [5.74, 6) is -0.179. The third-order valence-electron chi connectivity index (χ3n) is 2.42. The zero-order chi connectivity index (χ0) is 14.9. The molecule has 1 rings (SSSR count). The molecule has 0 aliphatic rings. The van der Waals surface area contributed by atoms with Gasteiger partial charge in [-0.2, -0.15) is 0 Å². The first-order chi connectivity index (χ1) is 8.92. The first kappa shape index (κ1) is 21.2. The number of phenols is 2. The number of aromatic hydroxyl groups is 2. The molecule has 9 N–H and O–H groups in total. The van der Waals surface area contributed by atoms with E-state index in [0.717, 1.165) is 5.56 Å². The van der Waals surface area contributed by atoms with E-state index in [4.69, 9.17) is 37.0 Å². The standard InChI is InChI=1S/C8H11NO2.C4H11NO3.ClH/c9-4-3-6-1-2-7(10)8(11)5-6;5-4(1-6,2-7)3-8;/h1-2,5,10-11H,3-4,9H2;6-8H,1-3,5H2;1H. The molecule has 0 aliphatic carbocycles. The Morgan fingerprint density at radius 2 is 1.45 bits per heavy atom. The third-order valence-corrected chi connectivity index (χ3v) is 2.42. The molecule has 0 saturated heterocycles. The monoisotopic (exact) mass is 310 g/mol. The van der Waals surface area contributed by atoms with Crippen LogP contribution >= 0.6 is 12.4 Å². The Hall–Kier alpha value is -1.09. The number of benzene rings is 1. The SMILES string of the molecule is Cl.NC(CO)(CO)CO.NCCc1ccc(O)c(O)c1. The van der Waals surface area contributed by atoms with E-state index in [9.17, 15) is 0 Å². The van der Waals surface area contributed by atoms with Gasteiger partial charge in [0.05, 0.1) is 25.4 Å². The summed E-state index contributed by atoms with van der Waals surface area (Å²) >= 11 is 0. The number of aliphatic hydroxyl groups excluding tert-OH is 3. The largest absolute Gasteiger partial charge is 0.504 e. The van der Waals surface area contributed by atoms with Crippen molar-refractivity contribution in [1.82, 2.24) is 0 Å². The van der Waals surface area contributed by atoms with Gasteiger partial charge < -0.3 is 37.0 Å². The van der Waals surface area contributed by atoms with Crippen molar-refractivity contribution in [2.45, 2.75) is 12.0 Å². The molecule has 0 aliphatic heterocycles. The highest BCUT2D eigenvalue weighted by Gasteiger charge is 2.20. The van der Waals surface area contributed by atoms with Gasteiger partial charge in [0, 0.05) is 0 Å². The molecule has 8 heteroatoms. The summed E-state index contributed by atoms with van der Waals surface area (Å²) < 4.78 is 0. The van der Waals surface area contributed by atoms with Gasteiger partial charge in [0.1, 0.15) is 0 Å². The maximum Gasteiger partial charge on any atom is 0.157 e. The van der Waals surface area contributed by atoms with E-state index < -0.39 is 25.4 Å². The molecule has 0 atom stereocenters. The van der Waals surface area contributed by atoms with Crippen molar-refractivity contribution in [2.75, 3.05) is 26.4 Å². The van der Waals surface area contributed by atoms with E-state index in [1.54, 1.807) is 6.07 Å². The summed E-state index contributed by atoms with van der Waals surface area (Å²) in [5, 5.41) is 43.0. The molecule has 1 aromatic rings. The van der Waals surface area contributed by atoms with Crippen LogP contribution in [0.2, 0.25) is 0 Å². The Morgan fingerprint density at radius 3 is 1.75 bits per heavy atom. The molecule has 0 saturated carbocycles. The Morgan fingerprint density at radius 1 is 0.950 bits per heavy atom. The minimum absolute atomic E-state index is 0. The Labute approximate surface area is 123 Å². The molecule has 0 aromatic heterocycles. The van der Waals surface area contributed by atoms with Gasteiger partial charge in [0.15, 0.2) is 11.5 Å². The molecule has 7 nitrogen and oxygen atoms in total. The quantitative estimate of drug-likeness (QED) is 0.333. The van der Waals surface area contributed by atoms with Crippen molar-refractivity contribution in [3.8, 4) is 11.5 Å². The molecular weight excluding hydrogens is 288 g/mol. The van der Waals surface area contributed by atoms with E-state index in [1.165, 1.54) is 12.1 Å². The number of hydrogen-bond donors (Lipinski definition) is 7. The molecule has 0 heterocycles. The molecule has 0 spiro atoms.